The minimum atomic E-state index is -0.698. The second-order valence-corrected chi connectivity index (χ2v) is 5.20. The van der Waals surface area contributed by atoms with Crippen LogP contribution in [0.3, 0.4) is 0 Å². The van der Waals surface area contributed by atoms with Gasteiger partial charge in [-0.05, 0) is 37.1 Å². The molecule has 0 aliphatic heterocycles. The topological polar surface area (TPSA) is 71.0 Å². The van der Waals surface area contributed by atoms with Crippen LogP contribution in [0.25, 0.3) is 0 Å². The summed E-state index contributed by atoms with van der Waals surface area (Å²) in [6.07, 6.45) is 0.759. The number of methoxy groups -OCH3 is 1. The molecule has 1 aromatic carbocycles. The Hall–Kier alpha value is -1.30. The number of aliphatic hydroxyl groups is 2. The SMILES string of the molecule is CCC(O)(CC)CNCC(O)COc1ccc(OC)cc1. The van der Waals surface area contributed by atoms with Gasteiger partial charge in [-0.2, -0.15) is 0 Å². The predicted molar refractivity (Wildman–Crippen MR) is 82.9 cm³/mol. The van der Waals surface area contributed by atoms with Gasteiger partial charge in [0.2, 0.25) is 0 Å². The van der Waals surface area contributed by atoms with Crippen LogP contribution >= 0.6 is 0 Å². The molecule has 120 valence electrons. The summed E-state index contributed by atoms with van der Waals surface area (Å²) in [7, 11) is 1.61. The molecular weight excluding hydrogens is 270 g/mol. The van der Waals surface area contributed by atoms with Crippen LogP contribution in [0.2, 0.25) is 0 Å². The molecule has 5 heteroatoms. The summed E-state index contributed by atoms with van der Waals surface area (Å²) in [5.74, 6) is 1.46. The van der Waals surface area contributed by atoms with Gasteiger partial charge in [-0.1, -0.05) is 13.8 Å². The van der Waals surface area contributed by atoms with Gasteiger partial charge in [-0.25, -0.2) is 0 Å². The van der Waals surface area contributed by atoms with Crippen molar-refractivity contribution in [1.29, 1.82) is 0 Å². The molecule has 0 aliphatic rings. The molecule has 3 N–H and O–H groups in total. The van der Waals surface area contributed by atoms with Crippen molar-refractivity contribution < 1.29 is 19.7 Å². The molecule has 0 saturated heterocycles. The Bertz CT molecular complexity index is 390. The highest BCUT2D eigenvalue weighted by atomic mass is 16.5. The molecule has 1 atom stereocenters. The molecule has 5 nitrogen and oxygen atoms in total. The van der Waals surface area contributed by atoms with Crippen LogP contribution in [-0.4, -0.2) is 48.7 Å². The van der Waals surface area contributed by atoms with Crippen molar-refractivity contribution in [2.75, 3.05) is 26.8 Å². The third kappa shape index (κ3) is 6.33. The molecule has 0 fully saturated rings. The molecule has 0 saturated carbocycles. The zero-order valence-corrected chi connectivity index (χ0v) is 13.1. The Morgan fingerprint density at radius 3 is 2.24 bits per heavy atom. The fourth-order valence-corrected chi connectivity index (χ4v) is 1.89. The quantitative estimate of drug-likeness (QED) is 0.611. The van der Waals surface area contributed by atoms with E-state index in [1.165, 1.54) is 0 Å². The van der Waals surface area contributed by atoms with Crippen molar-refractivity contribution in [3.05, 3.63) is 24.3 Å². The van der Waals surface area contributed by atoms with Gasteiger partial charge >= 0.3 is 0 Å². The highest BCUT2D eigenvalue weighted by Crippen LogP contribution is 2.17. The van der Waals surface area contributed by atoms with Crippen LogP contribution in [-0.2, 0) is 0 Å². The van der Waals surface area contributed by atoms with E-state index in [0.29, 0.717) is 31.7 Å². The lowest BCUT2D eigenvalue weighted by Crippen LogP contribution is -2.43. The number of hydrogen-bond donors (Lipinski definition) is 3. The van der Waals surface area contributed by atoms with E-state index in [0.717, 1.165) is 5.75 Å². The van der Waals surface area contributed by atoms with E-state index in [1.54, 1.807) is 19.2 Å². The minimum absolute atomic E-state index is 0.204. The Kier molecular flexibility index (Phi) is 7.50. The number of rotatable bonds is 10. The molecule has 0 amide bonds. The van der Waals surface area contributed by atoms with Crippen LogP contribution in [0.1, 0.15) is 26.7 Å². The van der Waals surface area contributed by atoms with E-state index < -0.39 is 11.7 Å². The smallest absolute Gasteiger partial charge is 0.119 e. The van der Waals surface area contributed by atoms with Crippen molar-refractivity contribution in [1.82, 2.24) is 5.32 Å². The van der Waals surface area contributed by atoms with Crippen molar-refractivity contribution in [2.45, 2.75) is 38.4 Å². The first kappa shape index (κ1) is 17.8. The highest BCUT2D eigenvalue weighted by Gasteiger charge is 2.21. The van der Waals surface area contributed by atoms with E-state index in [9.17, 15) is 10.2 Å². The van der Waals surface area contributed by atoms with Crippen LogP contribution in [0, 0.1) is 0 Å². The summed E-state index contributed by atoms with van der Waals surface area (Å²) < 4.78 is 10.6. The summed E-state index contributed by atoms with van der Waals surface area (Å²) in [4.78, 5) is 0. The van der Waals surface area contributed by atoms with Gasteiger partial charge < -0.3 is 25.0 Å². The number of benzene rings is 1. The Morgan fingerprint density at radius 1 is 1.14 bits per heavy atom. The number of aliphatic hydroxyl groups excluding tert-OH is 1. The van der Waals surface area contributed by atoms with E-state index in [-0.39, 0.29) is 6.61 Å². The fraction of sp³-hybridized carbons (Fsp3) is 0.625. The number of hydrogen-bond acceptors (Lipinski definition) is 5. The van der Waals surface area contributed by atoms with Crippen LogP contribution in [0.5, 0.6) is 11.5 Å². The zero-order valence-electron chi connectivity index (χ0n) is 13.1. The summed E-state index contributed by atoms with van der Waals surface area (Å²) >= 11 is 0. The largest absolute Gasteiger partial charge is 0.497 e. The standard InChI is InChI=1S/C16H27NO4/c1-4-16(19,5-2)12-17-10-13(18)11-21-15-8-6-14(20-3)7-9-15/h6-9,13,17-19H,4-5,10-12H2,1-3H3. The average Bonchev–Trinajstić information content (AvgIpc) is 2.53. The highest BCUT2D eigenvalue weighted by molar-refractivity contribution is 5.31. The van der Waals surface area contributed by atoms with Gasteiger partial charge in [-0.15, -0.1) is 0 Å². The first-order chi connectivity index (χ1) is 10.0. The Labute approximate surface area is 126 Å². The number of ether oxygens (including phenoxy) is 2. The molecule has 1 unspecified atom stereocenters. The molecular formula is C16H27NO4. The predicted octanol–water partition coefficient (Wildman–Crippen LogP) is 1.58. The van der Waals surface area contributed by atoms with Gasteiger partial charge in [0.1, 0.15) is 24.2 Å². The summed E-state index contributed by atoms with van der Waals surface area (Å²) in [6.45, 7) is 4.97. The molecule has 0 heterocycles. The second-order valence-electron chi connectivity index (χ2n) is 5.20. The van der Waals surface area contributed by atoms with Crippen LogP contribution in [0.15, 0.2) is 24.3 Å². The molecule has 1 rings (SSSR count). The first-order valence-corrected chi connectivity index (χ1v) is 7.41. The summed E-state index contributed by atoms with van der Waals surface area (Å²) in [5, 5.41) is 23.1. The normalized spacial score (nSPS) is 13.0. The van der Waals surface area contributed by atoms with Gasteiger partial charge in [0.25, 0.3) is 0 Å². The van der Waals surface area contributed by atoms with Crippen molar-refractivity contribution in [2.24, 2.45) is 0 Å². The Morgan fingerprint density at radius 2 is 1.71 bits per heavy atom. The third-order valence-electron chi connectivity index (χ3n) is 3.65. The van der Waals surface area contributed by atoms with Crippen molar-refractivity contribution >= 4 is 0 Å². The van der Waals surface area contributed by atoms with Crippen molar-refractivity contribution in [3.8, 4) is 11.5 Å². The van der Waals surface area contributed by atoms with Crippen LogP contribution < -0.4 is 14.8 Å². The molecule has 21 heavy (non-hydrogen) atoms. The van der Waals surface area contributed by atoms with E-state index in [1.807, 2.05) is 26.0 Å². The van der Waals surface area contributed by atoms with Crippen LogP contribution in [0.4, 0.5) is 0 Å². The fourth-order valence-electron chi connectivity index (χ4n) is 1.89. The zero-order chi connectivity index (χ0) is 15.7. The maximum absolute atomic E-state index is 10.1. The maximum Gasteiger partial charge on any atom is 0.119 e. The lowest BCUT2D eigenvalue weighted by Gasteiger charge is -2.26. The van der Waals surface area contributed by atoms with E-state index >= 15 is 0 Å². The molecule has 1 aromatic rings. The lowest BCUT2D eigenvalue weighted by atomic mass is 9.97. The first-order valence-electron chi connectivity index (χ1n) is 7.41. The van der Waals surface area contributed by atoms with Crippen molar-refractivity contribution in [3.63, 3.8) is 0 Å². The summed E-state index contributed by atoms with van der Waals surface area (Å²) in [6, 6.07) is 7.21. The third-order valence-corrected chi connectivity index (χ3v) is 3.65. The van der Waals surface area contributed by atoms with E-state index in [4.69, 9.17) is 9.47 Å². The second kappa shape index (κ2) is 8.87. The number of nitrogens with one attached hydrogen (secondary N) is 1. The molecule has 0 bridgehead atoms. The summed E-state index contributed by atoms with van der Waals surface area (Å²) in [5.41, 5.74) is -0.698. The lowest BCUT2D eigenvalue weighted by molar-refractivity contribution is 0.0270. The van der Waals surface area contributed by atoms with Gasteiger partial charge in [0, 0.05) is 13.1 Å². The molecule has 0 aliphatic carbocycles. The van der Waals surface area contributed by atoms with Gasteiger partial charge in [-0.3, -0.25) is 0 Å². The Balaban J connectivity index is 2.25. The molecule has 0 aromatic heterocycles. The average molecular weight is 297 g/mol. The van der Waals surface area contributed by atoms with Gasteiger partial charge in [0.05, 0.1) is 12.7 Å². The van der Waals surface area contributed by atoms with E-state index in [2.05, 4.69) is 5.32 Å². The molecule has 0 radical (unpaired) electrons. The minimum Gasteiger partial charge on any atom is -0.497 e. The molecule has 0 spiro atoms. The monoisotopic (exact) mass is 297 g/mol. The maximum atomic E-state index is 10.1. The van der Waals surface area contributed by atoms with Gasteiger partial charge in [0.15, 0.2) is 0 Å².